The molecule has 33 heavy (non-hydrogen) atoms. The smallest absolute Gasteiger partial charge is 0.292 e. The number of benzene rings is 3. The molecule has 1 saturated heterocycles. The lowest BCUT2D eigenvalue weighted by Gasteiger charge is -2.36. The molecule has 1 fully saturated rings. The summed E-state index contributed by atoms with van der Waals surface area (Å²) >= 11 is 0. The molecule has 0 unspecified atom stereocenters. The Hall–Kier alpha value is -3.91. The number of nitro groups is 1. The number of piperazine rings is 1. The zero-order chi connectivity index (χ0) is 23.2. The molecule has 0 saturated carbocycles. The molecule has 0 radical (unpaired) electrons. The number of rotatable bonds is 7. The first-order valence-electron chi connectivity index (χ1n) is 10.9. The number of carbonyl (C=O) groups is 1. The maximum atomic E-state index is 12.6. The lowest BCUT2D eigenvalue weighted by molar-refractivity contribution is -0.383. The highest BCUT2D eigenvalue weighted by Gasteiger charge is 2.19. The van der Waals surface area contributed by atoms with E-state index in [2.05, 4.69) is 45.4 Å². The summed E-state index contributed by atoms with van der Waals surface area (Å²) in [7, 11) is 0. The second-order valence-corrected chi connectivity index (χ2v) is 8.08. The Bertz CT molecular complexity index is 1130. The van der Waals surface area contributed by atoms with Crippen LogP contribution in [0.4, 0.5) is 17.1 Å². The van der Waals surface area contributed by atoms with Gasteiger partial charge in [0.2, 0.25) is 0 Å². The molecule has 1 amide bonds. The van der Waals surface area contributed by atoms with Gasteiger partial charge in [0.1, 0.15) is 5.69 Å². The molecule has 0 aromatic heterocycles. The van der Waals surface area contributed by atoms with E-state index in [9.17, 15) is 14.9 Å². The molecule has 1 aliphatic heterocycles. The predicted molar refractivity (Wildman–Crippen MR) is 129 cm³/mol. The van der Waals surface area contributed by atoms with E-state index < -0.39 is 4.92 Å². The van der Waals surface area contributed by atoms with Crippen LogP contribution in [0.1, 0.15) is 21.5 Å². The maximum absolute atomic E-state index is 12.6. The fraction of sp³-hybridized carbons (Fsp3) is 0.240. The van der Waals surface area contributed by atoms with Crippen LogP contribution in [0, 0.1) is 10.1 Å². The van der Waals surface area contributed by atoms with Gasteiger partial charge in [0.15, 0.2) is 0 Å². The van der Waals surface area contributed by atoms with Gasteiger partial charge in [-0.3, -0.25) is 19.8 Å². The average Bonchev–Trinajstić information content (AvgIpc) is 2.84. The summed E-state index contributed by atoms with van der Waals surface area (Å²) in [4.78, 5) is 27.9. The van der Waals surface area contributed by atoms with Crippen molar-refractivity contribution in [1.29, 1.82) is 0 Å². The van der Waals surface area contributed by atoms with Gasteiger partial charge >= 0.3 is 0 Å². The van der Waals surface area contributed by atoms with E-state index in [0.29, 0.717) is 6.54 Å². The number of amides is 1. The van der Waals surface area contributed by atoms with Gasteiger partial charge in [-0.05, 0) is 35.4 Å². The summed E-state index contributed by atoms with van der Waals surface area (Å²) in [5, 5.41) is 14.0. The largest absolute Gasteiger partial charge is 0.393 e. The van der Waals surface area contributed by atoms with E-state index in [-0.39, 0.29) is 22.8 Å². The van der Waals surface area contributed by atoms with Crippen LogP contribution in [0.2, 0.25) is 0 Å². The Labute approximate surface area is 192 Å². The van der Waals surface area contributed by atoms with Gasteiger partial charge in [0, 0.05) is 56.6 Å². The van der Waals surface area contributed by atoms with Crippen molar-refractivity contribution in [2.45, 2.75) is 13.1 Å². The predicted octanol–water partition coefficient (Wildman–Crippen LogP) is 3.43. The Kier molecular flexibility index (Phi) is 6.85. The highest BCUT2D eigenvalue weighted by Crippen LogP contribution is 2.22. The molecular formula is C25H27N5O3. The van der Waals surface area contributed by atoms with Gasteiger partial charge in [0.05, 0.1) is 4.92 Å². The Morgan fingerprint density at radius 3 is 2.30 bits per heavy atom. The van der Waals surface area contributed by atoms with Crippen molar-refractivity contribution in [3.8, 4) is 0 Å². The molecule has 3 N–H and O–H groups in total. The minimum atomic E-state index is -0.584. The van der Waals surface area contributed by atoms with Gasteiger partial charge in [-0.25, -0.2) is 0 Å². The standard InChI is InChI=1S/C25H27N5O3/c26-23-11-10-19(16-24(23)30(32)33)25(31)27-17-20-6-4-5-7-21(20)18-28-12-14-29(15-13-28)22-8-2-1-3-9-22/h1-11,16H,12-15,17-18,26H2,(H,27,31). The summed E-state index contributed by atoms with van der Waals surface area (Å²) in [6.07, 6.45) is 0. The van der Waals surface area contributed by atoms with Gasteiger partial charge < -0.3 is 16.0 Å². The second kappa shape index (κ2) is 10.1. The fourth-order valence-electron chi connectivity index (χ4n) is 4.05. The lowest BCUT2D eigenvalue weighted by atomic mass is 10.1. The molecular weight excluding hydrogens is 418 g/mol. The molecule has 0 aliphatic carbocycles. The van der Waals surface area contributed by atoms with Gasteiger partial charge in [0.25, 0.3) is 11.6 Å². The highest BCUT2D eigenvalue weighted by molar-refractivity contribution is 5.95. The van der Waals surface area contributed by atoms with Crippen molar-refractivity contribution < 1.29 is 9.72 Å². The van der Waals surface area contributed by atoms with Crippen molar-refractivity contribution in [2.24, 2.45) is 0 Å². The first-order valence-corrected chi connectivity index (χ1v) is 10.9. The number of nitrogens with one attached hydrogen (secondary N) is 1. The number of para-hydroxylation sites is 1. The normalized spacial score (nSPS) is 14.1. The summed E-state index contributed by atoms with van der Waals surface area (Å²) in [6, 6.07) is 22.6. The fourth-order valence-corrected chi connectivity index (χ4v) is 4.05. The molecule has 3 aromatic carbocycles. The number of nitrogens with zero attached hydrogens (tertiary/aromatic N) is 3. The monoisotopic (exact) mass is 445 g/mol. The third-order valence-electron chi connectivity index (χ3n) is 5.93. The number of hydrogen-bond donors (Lipinski definition) is 2. The van der Waals surface area contributed by atoms with E-state index >= 15 is 0 Å². The number of nitrogen functional groups attached to an aromatic ring is 1. The summed E-state index contributed by atoms with van der Waals surface area (Å²) < 4.78 is 0. The van der Waals surface area contributed by atoms with Crippen molar-refractivity contribution >= 4 is 23.0 Å². The zero-order valence-corrected chi connectivity index (χ0v) is 18.3. The van der Waals surface area contributed by atoms with Crippen LogP contribution in [0.25, 0.3) is 0 Å². The van der Waals surface area contributed by atoms with E-state index in [0.717, 1.165) is 43.9 Å². The summed E-state index contributed by atoms with van der Waals surface area (Å²) in [5.41, 5.74) is 9.05. The van der Waals surface area contributed by atoms with Crippen LogP contribution < -0.4 is 16.0 Å². The quantitative estimate of drug-likeness (QED) is 0.328. The molecule has 1 aliphatic rings. The van der Waals surface area contributed by atoms with Gasteiger partial charge in [-0.15, -0.1) is 0 Å². The molecule has 1 heterocycles. The van der Waals surface area contributed by atoms with Crippen LogP contribution in [-0.2, 0) is 13.1 Å². The molecule has 8 nitrogen and oxygen atoms in total. The minimum absolute atomic E-state index is 0.0363. The molecule has 0 bridgehead atoms. The minimum Gasteiger partial charge on any atom is -0.393 e. The SMILES string of the molecule is Nc1ccc(C(=O)NCc2ccccc2CN2CCN(c3ccccc3)CC2)cc1[N+](=O)[O-]. The third kappa shape index (κ3) is 5.48. The van der Waals surface area contributed by atoms with Crippen molar-refractivity contribution in [3.05, 3.63) is 99.6 Å². The molecule has 0 spiro atoms. The third-order valence-corrected chi connectivity index (χ3v) is 5.93. The number of anilines is 2. The Morgan fingerprint density at radius 2 is 1.61 bits per heavy atom. The number of carbonyl (C=O) groups excluding carboxylic acids is 1. The maximum Gasteiger partial charge on any atom is 0.292 e. The van der Waals surface area contributed by atoms with Crippen LogP contribution in [0.5, 0.6) is 0 Å². The van der Waals surface area contributed by atoms with Crippen LogP contribution in [0.3, 0.4) is 0 Å². The van der Waals surface area contributed by atoms with E-state index in [4.69, 9.17) is 5.73 Å². The Morgan fingerprint density at radius 1 is 0.939 bits per heavy atom. The second-order valence-electron chi connectivity index (χ2n) is 8.08. The van der Waals surface area contributed by atoms with E-state index in [1.54, 1.807) is 0 Å². The number of nitro benzene ring substituents is 1. The average molecular weight is 446 g/mol. The Balaban J connectivity index is 1.36. The number of hydrogen-bond acceptors (Lipinski definition) is 6. The first kappa shape index (κ1) is 22.3. The molecule has 8 heteroatoms. The van der Waals surface area contributed by atoms with Crippen molar-refractivity contribution in [3.63, 3.8) is 0 Å². The van der Waals surface area contributed by atoms with Gasteiger partial charge in [-0.1, -0.05) is 42.5 Å². The molecule has 3 aromatic rings. The summed E-state index contributed by atoms with van der Waals surface area (Å²) in [6.45, 7) is 5.02. The topological polar surface area (TPSA) is 105 Å². The molecule has 0 atom stereocenters. The van der Waals surface area contributed by atoms with Crippen molar-refractivity contribution in [1.82, 2.24) is 10.2 Å². The highest BCUT2D eigenvalue weighted by atomic mass is 16.6. The van der Waals surface area contributed by atoms with Crippen LogP contribution >= 0.6 is 0 Å². The zero-order valence-electron chi connectivity index (χ0n) is 18.3. The molecule has 170 valence electrons. The lowest BCUT2D eigenvalue weighted by Crippen LogP contribution is -2.46. The molecule has 4 rings (SSSR count). The first-order chi connectivity index (χ1) is 16.0. The van der Waals surface area contributed by atoms with Crippen molar-refractivity contribution in [2.75, 3.05) is 36.8 Å². The van der Waals surface area contributed by atoms with Gasteiger partial charge in [-0.2, -0.15) is 0 Å². The van der Waals surface area contributed by atoms with E-state index in [1.165, 1.54) is 23.9 Å². The van der Waals surface area contributed by atoms with Crippen LogP contribution in [0.15, 0.2) is 72.8 Å². The summed E-state index contributed by atoms with van der Waals surface area (Å²) in [5.74, 6) is -0.371. The number of nitrogens with two attached hydrogens (primary N) is 1. The van der Waals surface area contributed by atoms with E-state index in [1.807, 2.05) is 24.3 Å². The van der Waals surface area contributed by atoms with Crippen LogP contribution in [-0.4, -0.2) is 41.9 Å².